The van der Waals surface area contributed by atoms with Crippen LogP contribution in [-0.4, -0.2) is 22.8 Å². The highest BCUT2D eigenvalue weighted by Crippen LogP contribution is 2.26. The van der Waals surface area contributed by atoms with E-state index in [1.54, 1.807) is 0 Å². The van der Waals surface area contributed by atoms with E-state index >= 15 is 0 Å². The zero-order valence-electron chi connectivity index (χ0n) is 7.70. The molecule has 0 radical (unpaired) electrons. The van der Waals surface area contributed by atoms with E-state index in [0.29, 0.717) is 6.42 Å². The van der Waals surface area contributed by atoms with Crippen molar-refractivity contribution in [2.75, 3.05) is 6.61 Å². The number of carbonyl (C=O) groups is 1. The van der Waals surface area contributed by atoms with Crippen LogP contribution in [0.2, 0.25) is 0 Å². The highest BCUT2D eigenvalue weighted by molar-refractivity contribution is 5.73. The molecule has 2 N–H and O–H groups in total. The van der Waals surface area contributed by atoms with Gasteiger partial charge in [-0.3, -0.25) is 4.79 Å². The summed E-state index contributed by atoms with van der Waals surface area (Å²) < 4.78 is 0. The maximum Gasteiger partial charge on any atom is 0.310 e. The third kappa shape index (κ3) is 2.84. The van der Waals surface area contributed by atoms with Crippen LogP contribution >= 0.6 is 0 Å². The number of allylic oxidation sites excluding steroid dienone is 1. The molecule has 13 heavy (non-hydrogen) atoms. The minimum absolute atomic E-state index is 0.0473. The van der Waals surface area contributed by atoms with Crippen molar-refractivity contribution in [3.05, 3.63) is 11.6 Å². The molecule has 0 saturated heterocycles. The Labute approximate surface area is 78.1 Å². The smallest absolute Gasteiger partial charge is 0.310 e. The minimum Gasteiger partial charge on any atom is -0.481 e. The Balaban J connectivity index is 2.62. The first kappa shape index (κ1) is 10.3. The van der Waals surface area contributed by atoms with Gasteiger partial charge in [0, 0.05) is 6.61 Å². The molecule has 3 nitrogen and oxygen atoms in total. The Bertz CT molecular complexity index is 208. The molecule has 0 saturated carbocycles. The minimum atomic E-state index is -0.804. The molecule has 74 valence electrons. The van der Waals surface area contributed by atoms with Crippen molar-refractivity contribution in [2.24, 2.45) is 5.92 Å². The van der Waals surface area contributed by atoms with Gasteiger partial charge in [0.25, 0.3) is 0 Å². The van der Waals surface area contributed by atoms with E-state index in [1.165, 1.54) is 0 Å². The van der Waals surface area contributed by atoms with Gasteiger partial charge in [0.15, 0.2) is 0 Å². The van der Waals surface area contributed by atoms with Crippen LogP contribution in [0, 0.1) is 5.92 Å². The third-order valence-electron chi connectivity index (χ3n) is 2.49. The Kier molecular flexibility index (Phi) is 3.96. The molecule has 1 rings (SSSR count). The number of aliphatic carboxylic acids is 1. The van der Waals surface area contributed by atoms with E-state index in [0.717, 1.165) is 31.3 Å². The molecule has 3 heteroatoms. The number of hydrogen-bond donors (Lipinski definition) is 2. The second-order valence-electron chi connectivity index (χ2n) is 3.43. The molecule has 0 amide bonds. The highest BCUT2D eigenvalue weighted by atomic mass is 16.4. The number of carboxylic acids is 1. The number of carboxylic acid groups (broad SMARTS) is 1. The summed E-state index contributed by atoms with van der Waals surface area (Å²) in [5.74, 6) is -1.26. The predicted octanol–water partition coefficient (Wildman–Crippen LogP) is 1.57. The summed E-state index contributed by atoms with van der Waals surface area (Å²) in [4.78, 5) is 10.8. The first-order chi connectivity index (χ1) is 6.25. The SMILES string of the molecule is O=C(O)C(CCO)C1=CCCCC1. The molecule has 1 aliphatic carbocycles. The van der Waals surface area contributed by atoms with Crippen LogP contribution in [0.4, 0.5) is 0 Å². The molecule has 1 aliphatic rings. The maximum atomic E-state index is 10.8. The fourth-order valence-corrected chi connectivity index (χ4v) is 1.78. The fraction of sp³-hybridized carbons (Fsp3) is 0.700. The van der Waals surface area contributed by atoms with Gasteiger partial charge in [-0.2, -0.15) is 0 Å². The standard InChI is InChI=1S/C10H16O3/c11-7-6-9(10(12)13)8-4-2-1-3-5-8/h4,9,11H,1-3,5-7H2,(H,12,13). The summed E-state index contributed by atoms with van der Waals surface area (Å²) in [6.07, 6.45) is 6.50. The summed E-state index contributed by atoms with van der Waals surface area (Å²) in [5, 5.41) is 17.6. The van der Waals surface area contributed by atoms with Gasteiger partial charge in [0.1, 0.15) is 0 Å². The summed E-state index contributed by atoms with van der Waals surface area (Å²) in [6, 6.07) is 0. The Morgan fingerprint density at radius 1 is 1.54 bits per heavy atom. The lowest BCUT2D eigenvalue weighted by atomic mass is 9.87. The van der Waals surface area contributed by atoms with Crippen LogP contribution < -0.4 is 0 Å². The van der Waals surface area contributed by atoms with Crippen molar-refractivity contribution >= 4 is 5.97 Å². The molecule has 0 aromatic rings. The average molecular weight is 184 g/mol. The topological polar surface area (TPSA) is 57.5 Å². The van der Waals surface area contributed by atoms with E-state index in [-0.39, 0.29) is 6.61 Å². The van der Waals surface area contributed by atoms with Crippen molar-refractivity contribution in [1.29, 1.82) is 0 Å². The number of hydrogen-bond acceptors (Lipinski definition) is 2. The van der Waals surface area contributed by atoms with Crippen molar-refractivity contribution in [3.8, 4) is 0 Å². The average Bonchev–Trinajstić information content (AvgIpc) is 2.15. The second kappa shape index (κ2) is 5.02. The molecular formula is C10H16O3. The van der Waals surface area contributed by atoms with E-state index in [9.17, 15) is 4.79 Å². The fourth-order valence-electron chi connectivity index (χ4n) is 1.78. The molecule has 0 aromatic carbocycles. The van der Waals surface area contributed by atoms with Gasteiger partial charge in [-0.1, -0.05) is 11.6 Å². The van der Waals surface area contributed by atoms with Crippen LogP contribution in [0.25, 0.3) is 0 Å². The van der Waals surface area contributed by atoms with Gasteiger partial charge in [0.2, 0.25) is 0 Å². The van der Waals surface area contributed by atoms with Gasteiger partial charge < -0.3 is 10.2 Å². The summed E-state index contributed by atoms with van der Waals surface area (Å²) in [7, 11) is 0. The zero-order valence-corrected chi connectivity index (χ0v) is 7.70. The molecule has 0 bridgehead atoms. The number of aliphatic hydroxyl groups is 1. The van der Waals surface area contributed by atoms with Gasteiger partial charge >= 0.3 is 5.97 Å². The lowest BCUT2D eigenvalue weighted by molar-refractivity contribution is -0.141. The molecule has 0 aliphatic heterocycles. The molecule has 0 fully saturated rings. The lowest BCUT2D eigenvalue weighted by Crippen LogP contribution is -2.18. The predicted molar refractivity (Wildman–Crippen MR) is 49.4 cm³/mol. The molecule has 1 atom stereocenters. The second-order valence-corrected chi connectivity index (χ2v) is 3.43. The lowest BCUT2D eigenvalue weighted by Gasteiger charge is -2.18. The van der Waals surface area contributed by atoms with Crippen LogP contribution in [0.5, 0.6) is 0 Å². The quantitative estimate of drug-likeness (QED) is 0.652. The molecule has 0 heterocycles. The highest BCUT2D eigenvalue weighted by Gasteiger charge is 2.22. The van der Waals surface area contributed by atoms with Gasteiger partial charge in [-0.05, 0) is 32.1 Å². The number of rotatable bonds is 4. The Morgan fingerprint density at radius 3 is 2.77 bits per heavy atom. The van der Waals surface area contributed by atoms with Gasteiger partial charge in [0.05, 0.1) is 5.92 Å². The van der Waals surface area contributed by atoms with Crippen LogP contribution in [0.3, 0.4) is 0 Å². The van der Waals surface area contributed by atoms with Crippen LogP contribution in [0.1, 0.15) is 32.1 Å². The van der Waals surface area contributed by atoms with Gasteiger partial charge in [-0.25, -0.2) is 0 Å². The van der Waals surface area contributed by atoms with E-state index in [4.69, 9.17) is 10.2 Å². The summed E-state index contributed by atoms with van der Waals surface area (Å²) in [6.45, 7) is -0.0473. The molecule has 0 aromatic heterocycles. The first-order valence-corrected chi connectivity index (χ1v) is 4.78. The molecular weight excluding hydrogens is 168 g/mol. The zero-order chi connectivity index (χ0) is 9.68. The van der Waals surface area contributed by atoms with Crippen molar-refractivity contribution in [1.82, 2.24) is 0 Å². The first-order valence-electron chi connectivity index (χ1n) is 4.78. The van der Waals surface area contributed by atoms with E-state index in [2.05, 4.69) is 0 Å². The molecule has 1 unspecified atom stereocenters. The monoisotopic (exact) mass is 184 g/mol. The van der Waals surface area contributed by atoms with E-state index < -0.39 is 11.9 Å². The Hall–Kier alpha value is -0.830. The summed E-state index contributed by atoms with van der Waals surface area (Å²) >= 11 is 0. The number of aliphatic hydroxyl groups excluding tert-OH is 1. The van der Waals surface area contributed by atoms with Crippen molar-refractivity contribution in [2.45, 2.75) is 32.1 Å². The maximum absolute atomic E-state index is 10.8. The van der Waals surface area contributed by atoms with Crippen LogP contribution in [0.15, 0.2) is 11.6 Å². The Morgan fingerprint density at radius 2 is 2.31 bits per heavy atom. The van der Waals surface area contributed by atoms with Crippen molar-refractivity contribution in [3.63, 3.8) is 0 Å². The van der Waals surface area contributed by atoms with Gasteiger partial charge in [-0.15, -0.1) is 0 Å². The molecule has 0 spiro atoms. The summed E-state index contributed by atoms with van der Waals surface area (Å²) in [5.41, 5.74) is 1.01. The largest absolute Gasteiger partial charge is 0.481 e. The third-order valence-corrected chi connectivity index (χ3v) is 2.49. The van der Waals surface area contributed by atoms with E-state index in [1.807, 2.05) is 6.08 Å². The van der Waals surface area contributed by atoms with Crippen molar-refractivity contribution < 1.29 is 15.0 Å². The normalized spacial score (nSPS) is 19.3. The van der Waals surface area contributed by atoms with Crippen LogP contribution in [-0.2, 0) is 4.79 Å².